The predicted octanol–water partition coefficient (Wildman–Crippen LogP) is 9.48. The van der Waals surface area contributed by atoms with Gasteiger partial charge in [0, 0.05) is 27.1 Å². The molecule has 1 atom stereocenters. The topological polar surface area (TPSA) is 111 Å². The van der Waals surface area contributed by atoms with Crippen LogP contribution in [0.5, 0.6) is 0 Å². The van der Waals surface area contributed by atoms with E-state index >= 15 is 0 Å². The standard InChI is InChI=1S/C42H32N4O3S2/c1-28-20-22-30(23-21-28)36-27-50-42(35(36)26-43)46-41(49)38(31-14-7-3-8-15-31)51-34-19-11-18-33(25-34)44-40(48)37(24-29-12-5-2-6-13-29)45-39(47)32-16-9-4-10-17-32/h2-25,27,38H,1H3,(H,44,48)(H,45,47)(H,46,49)/b37-24-. The molecule has 3 N–H and O–H groups in total. The number of carbonyl (C=O) groups is 3. The zero-order valence-electron chi connectivity index (χ0n) is 27.5. The van der Waals surface area contributed by atoms with Crippen molar-refractivity contribution < 1.29 is 14.4 Å². The molecule has 0 saturated carbocycles. The molecular formula is C42H32N4O3S2. The van der Waals surface area contributed by atoms with Gasteiger partial charge >= 0.3 is 0 Å². The van der Waals surface area contributed by atoms with Crippen molar-refractivity contribution in [3.05, 3.63) is 178 Å². The molecule has 0 spiro atoms. The Morgan fingerprint density at radius 3 is 2.14 bits per heavy atom. The number of thiophene rings is 1. The Morgan fingerprint density at radius 2 is 1.45 bits per heavy atom. The van der Waals surface area contributed by atoms with E-state index < -0.39 is 17.1 Å². The van der Waals surface area contributed by atoms with Gasteiger partial charge in [-0.2, -0.15) is 5.26 Å². The normalized spacial score (nSPS) is 11.6. The summed E-state index contributed by atoms with van der Waals surface area (Å²) in [6.45, 7) is 2.01. The minimum absolute atomic E-state index is 0.0731. The number of nitrogens with one attached hydrogen (secondary N) is 3. The Morgan fingerprint density at radius 1 is 0.784 bits per heavy atom. The van der Waals surface area contributed by atoms with E-state index in [1.54, 1.807) is 48.5 Å². The second-order valence-corrected chi connectivity index (χ2v) is 13.6. The average molecular weight is 705 g/mol. The molecule has 3 amide bonds. The summed E-state index contributed by atoms with van der Waals surface area (Å²) < 4.78 is 0. The first-order chi connectivity index (χ1) is 24.9. The fraction of sp³-hybridized carbons (Fsp3) is 0.0476. The molecule has 1 aromatic heterocycles. The van der Waals surface area contributed by atoms with Crippen LogP contribution in [0.3, 0.4) is 0 Å². The highest BCUT2D eigenvalue weighted by Gasteiger charge is 2.25. The van der Waals surface area contributed by atoms with Gasteiger partial charge in [0.1, 0.15) is 22.0 Å². The molecule has 6 rings (SSSR count). The summed E-state index contributed by atoms with van der Waals surface area (Å²) in [4.78, 5) is 41.4. The number of benzene rings is 5. The SMILES string of the molecule is Cc1ccc(-c2csc(NC(=O)C(Sc3cccc(NC(=O)/C(=C/c4ccccc4)NC(=O)c4ccccc4)c3)c3ccccc3)c2C#N)cc1. The number of anilines is 2. The van der Waals surface area contributed by atoms with Gasteiger partial charge < -0.3 is 16.0 Å². The van der Waals surface area contributed by atoms with E-state index in [1.807, 2.05) is 109 Å². The van der Waals surface area contributed by atoms with Crippen LogP contribution in [0.1, 0.15) is 37.9 Å². The number of amides is 3. The molecule has 7 nitrogen and oxygen atoms in total. The summed E-state index contributed by atoms with van der Waals surface area (Å²) in [7, 11) is 0. The van der Waals surface area contributed by atoms with Gasteiger partial charge in [-0.3, -0.25) is 14.4 Å². The molecule has 0 aliphatic rings. The summed E-state index contributed by atoms with van der Waals surface area (Å²) in [6.07, 6.45) is 1.62. The summed E-state index contributed by atoms with van der Waals surface area (Å²) in [5.41, 5.74) is 5.71. The summed E-state index contributed by atoms with van der Waals surface area (Å²) in [5, 5.41) is 20.5. The van der Waals surface area contributed by atoms with Gasteiger partial charge in [-0.15, -0.1) is 23.1 Å². The third kappa shape index (κ3) is 8.88. The van der Waals surface area contributed by atoms with E-state index in [0.717, 1.165) is 32.7 Å². The molecule has 0 aliphatic carbocycles. The minimum Gasteiger partial charge on any atom is -0.321 e. The molecule has 250 valence electrons. The summed E-state index contributed by atoms with van der Waals surface area (Å²) in [5.74, 6) is -1.20. The predicted molar refractivity (Wildman–Crippen MR) is 206 cm³/mol. The molecule has 0 bridgehead atoms. The van der Waals surface area contributed by atoms with Gasteiger partial charge in [-0.1, -0.05) is 115 Å². The number of nitriles is 1. The number of hydrogen-bond donors (Lipinski definition) is 3. The molecule has 0 radical (unpaired) electrons. The molecule has 5 aromatic carbocycles. The fourth-order valence-electron chi connectivity index (χ4n) is 5.22. The lowest BCUT2D eigenvalue weighted by molar-refractivity contribution is -0.116. The Kier molecular flexibility index (Phi) is 11.2. The summed E-state index contributed by atoms with van der Waals surface area (Å²) in [6, 6.07) is 44.7. The largest absolute Gasteiger partial charge is 0.321 e. The van der Waals surface area contributed by atoms with Crippen molar-refractivity contribution in [2.45, 2.75) is 17.1 Å². The minimum atomic E-state index is -0.674. The van der Waals surface area contributed by atoms with Crippen LogP contribution in [-0.4, -0.2) is 17.7 Å². The molecule has 6 aromatic rings. The van der Waals surface area contributed by atoms with Crippen LogP contribution in [0.25, 0.3) is 17.2 Å². The molecule has 0 fully saturated rings. The zero-order chi connectivity index (χ0) is 35.6. The Labute approximate surface area is 304 Å². The van der Waals surface area contributed by atoms with E-state index in [-0.39, 0.29) is 11.6 Å². The first kappa shape index (κ1) is 34.6. The van der Waals surface area contributed by atoms with Crippen LogP contribution in [0.15, 0.2) is 155 Å². The second kappa shape index (κ2) is 16.5. The number of aryl methyl sites for hydroxylation is 1. The Hall–Kier alpha value is -6.21. The van der Waals surface area contributed by atoms with Crippen LogP contribution < -0.4 is 16.0 Å². The van der Waals surface area contributed by atoms with Crippen molar-refractivity contribution in [2.24, 2.45) is 0 Å². The molecule has 1 heterocycles. The van der Waals surface area contributed by atoms with Crippen molar-refractivity contribution in [3.8, 4) is 17.2 Å². The van der Waals surface area contributed by atoms with Gasteiger partial charge in [-0.25, -0.2) is 0 Å². The second-order valence-electron chi connectivity index (χ2n) is 11.5. The lowest BCUT2D eigenvalue weighted by Gasteiger charge is -2.17. The summed E-state index contributed by atoms with van der Waals surface area (Å²) >= 11 is 2.64. The average Bonchev–Trinajstić information content (AvgIpc) is 3.57. The Balaban J connectivity index is 1.23. The third-order valence-electron chi connectivity index (χ3n) is 7.83. The van der Waals surface area contributed by atoms with Crippen LogP contribution in [0.4, 0.5) is 10.7 Å². The van der Waals surface area contributed by atoms with Gasteiger partial charge in [0.25, 0.3) is 11.8 Å². The molecule has 51 heavy (non-hydrogen) atoms. The fourth-order valence-corrected chi connectivity index (χ4v) is 7.23. The number of hydrogen-bond acceptors (Lipinski definition) is 6. The molecular weight excluding hydrogens is 673 g/mol. The number of nitrogens with zero attached hydrogens (tertiary/aromatic N) is 1. The van der Waals surface area contributed by atoms with Crippen molar-refractivity contribution in [2.75, 3.05) is 10.6 Å². The van der Waals surface area contributed by atoms with Crippen molar-refractivity contribution in [1.82, 2.24) is 5.32 Å². The quantitative estimate of drug-likeness (QED) is 0.0919. The lowest BCUT2D eigenvalue weighted by atomic mass is 10.0. The molecule has 1 unspecified atom stereocenters. The van der Waals surface area contributed by atoms with E-state index in [4.69, 9.17) is 0 Å². The van der Waals surface area contributed by atoms with Crippen LogP contribution in [-0.2, 0) is 9.59 Å². The first-order valence-corrected chi connectivity index (χ1v) is 17.8. The van der Waals surface area contributed by atoms with E-state index in [2.05, 4.69) is 22.0 Å². The maximum Gasteiger partial charge on any atom is 0.272 e. The highest BCUT2D eigenvalue weighted by atomic mass is 32.2. The lowest BCUT2D eigenvalue weighted by Crippen LogP contribution is -2.30. The van der Waals surface area contributed by atoms with Crippen molar-refractivity contribution in [3.63, 3.8) is 0 Å². The molecule has 9 heteroatoms. The van der Waals surface area contributed by atoms with Crippen molar-refractivity contribution in [1.29, 1.82) is 5.26 Å². The van der Waals surface area contributed by atoms with E-state index in [0.29, 0.717) is 21.8 Å². The maximum absolute atomic E-state index is 14.0. The van der Waals surface area contributed by atoms with Crippen LogP contribution >= 0.6 is 23.1 Å². The Bertz CT molecular complexity index is 2230. The molecule has 0 aliphatic heterocycles. The van der Waals surface area contributed by atoms with Crippen LogP contribution in [0.2, 0.25) is 0 Å². The number of rotatable bonds is 11. The number of thioether (sulfide) groups is 1. The highest BCUT2D eigenvalue weighted by molar-refractivity contribution is 8.00. The zero-order valence-corrected chi connectivity index (χ0v) is 29.1. The van der Waals surface area contributed by atoms with Crippen LogP contribution in [0, 0.1) is 18.3 Å². The number of carbonyl (C=O) groups excluding carboxylic acids is 3. The first-order valence-electron chi connectivity index (χ1n) is 16.0. The van der Waals surface area contributed by atoms with Gasteiger partial charge in [0.05, 0.1) is 5.56 Å². The monoisotopic (exact) mass is 704 g/mol. The van der Waals surface area contributed by atoms with Crippen molar-refractivity contribution >= 4 is 57.6 Å². The maximum atomic E-state index is 14.0. The van der Waals surface area contributed by atoms with E-state index in [9.17, 15) is 19.6 Å². The van der Waals surface area contributed by atoms with Gasteiger partial charge in [0.2, 0.25) is 5.91 Å². The third-order valence-corrected chi connectivity index (χ3v) is 9.97. The van der Waals surface area contributed by atoms with Gasteiger partial charge in [-0.05, 0) is 60.0 Å². The highest BCUT2D eigenvalue weighted by Crippen LogP contribution is 2.40. The smallest absolute Gasteiger partial charge is 0.272 e. The molecule has 0 saturated heterocycles. The van der Waals surface area contributed by atoms with Gasteiger partial charge in [0.15, 0.2) is 0 Å². The van der Waals surface area contributed by atoms with E-state index in [1.165, 1.54) is 23.1 Å².